The molecule has 3 aromatic heterocycles. The summed E-state index contributed by atoms with van der Waals surface area (Å²) in [6, 6.07) is 10.0. The van der Waals surface area contributed by atoms with Gasteiger partial charge >= 0.3 is 0 Å². The molecule has 0 spiro atoms. The van der Waals surface area contributed by atoms with E-state index in [0.29, 0.717) is 11.9 Å². The Morgan fingerprint density at radius 1 is 1.19 bits per heavy atom. The van der Waals surface area contributed by atoms with Crippen LogP contribution in [0.4, 0.5) is 0 Å². The summed E-state index contributed by atoms with van der Waals surface area (Å²) < 4.78 is 3.42. The number of hydrogen-bond donors (Lipinski definition) is 0. The first-order valence-electron chi connectivity index (χ1n) is 8.59. The van der Waals surface area contributed by atoms with Gasteiger partial charge in [-0.1, -0.05) is 37.3 Å². The van der Waals surface area contributed by atoms with Gasteiger partial charge in [0.1, 0.15) is 17.5 Å². The Labute approximate surface area is 154 Å². The first-order chi connectivity index (χ1) is 12.7. The van der Waals surface area contributed by atoms with Gasteiger partial charge < -0.3 is 0 Å². The maximum Gasteiger partial charge on any atom is 0.263 e. The molecule has 0 aliphatic heterocycles. The molecular formula is C19H19N5OS. The molecule has 3 heterocycles. The zero-order chi connectivity index (χ0) is 18.1. The summed E-state index contributed by atoms with van der Waals surface area (Å²) in [5, 5.41) is 4.84. The van der Waals surface area contributed by atoms with Crippen molar-refractivity contribution in [3.63, 3.8) is 0 Å². The van der Waals surface area contributed by atoms with E-state index in [1.165, 1.54) is 11.2 Å². The minimum atomic E-state index is -0.0744. The van der Waals surface area contributed by atoms with Crippen LogP contribution in [-0.2, 0) is 13.0 Å². The SMILES string of the molecule is CCc1sc2ncn(C(C)Cn3cncn3)c(=O)c2c1-c1ccccc1. The number of fused-ring (bicyclic) bond motifs is 1. The molecule has 0 saturated heterocycles. The van der Waals surface area contributed by atoms with Gasteiger partial charge in [0.15, 0.2) is 0 Å². The van der Waals surface area contributed by atoms with E-state index in [9.17, 15) is 4.79 Å². The lowest BCUT2D eigenvalue weighted by molar-refractivity contribution is 0.425. The van der Waals surface area contributed by atoms with Crippen LogP contribution in [-0.4, -0.2) is 24.3 Å². The summed E-state index contributed by atoms with van der Waals surface area (Å²) in [4.78, 5) is 23.8. The average molecular weight is 365 g/mol. The lowest BCUT2D eigenvalue weighted by Gasteiger charge is -2.14. The predicted octanol–water partition coefficient (Wildman–Crippen LogP) is 3.54. The topological polar surface area (TPSA) is 65.6 Å². The molecule has 0 N–H and O–H groups in total. The molecule has 7 heteroatoms. The molecule has 1 aromatic carbocycles. The van der Waals surface area contributed by atoms with E-state index in [1.807, 2.05) is 25.1 Å². The van der Waals surface area contributed by atoms with E-state index in [0.717, 1.165) is 22.4 Å². The number of nitrogens with zero attached hydrogens (tertiary/aromatic N) is 5. The predicted molar refractivity (Wildman–Crippen MR) is 103 cm³/mol. The maximum absolute atomic E-state index is 13.3. The Kier molecular flexibility index (Phi) is 4.38. The summed E-state index contributed by atoms with van der Waals surface area (Å²) in [7, 11) is 0. The summed E-state index contributed by atoms with van der Waals surface area (Å²) in [5.74, 6) is 0. The van der Waals surface area contributed by atoms with Gasteiger partial charge in [-0.2, -0.15) is 5.10 Å². The summed E-state index contributed by atoms with van der Waals surface area (Å²) in [6.07, 6.45) is 5.68. The molecule has 4 rings (SSSR count). The molecule has 1 unspecified atom stereocenters. The van der Waals surface area contributed by atoms with Crippen molar-refractivity contribution in [1.29, 1.82) is 0 Å². The fourth-order valence-corrected chi connectivity index (χ4v) is 4.30. The van der Waals surface area contributed by atoms with Gasteiger partial charge in [0, 0.05) is 10.4 Å². The van der Waals surface area contributed by atoms with E-state index in [4.69, 9.17) is 0 Å². The van der Waals surface area contributed by atoms with Gasteiger partial charge in [-0.05, 0) is 18.9 Å². The molecule has 0 amide bonds. The van der Waals surface area contributed by atoms with Crippen molar-refractivity contribution in [3.05, 3.63) is 64.5 Å². The average Bonchev–Trinajstić information content (AvgIpc) is 3.30. The van der Waals surface area contributed by atoms with Crippen LogP contribution in [0.2, 0.25) is 0 Å². The third kappa shape index (κ3) is 2.84. The fourth-order valence-electron chi connectivity index (χ4n) is 3.21. The summed E-state index contributed by atoms with van der Waals surface area (Å²) in [5.41, 5.74) is 2.08. The van der Waals surface area contributed by atoms with Gasteiger partial charge in [0.2, 0.25) is 0 Å². The zero-order valence-corrected chi connectivity index (χ0v) is 15.5. The molecule has 0 bridgehead atoms. The quantitative estimate of drug-likeness (QED) is 0.543. The van der Waals surface area contributed by atoms with Gasteiger partial charge in [-0.25, -0.2) is 9.97 Å². The highest BCUT2D eigenvalue weighted by Gasteiger charge is 2.19. The summed E-state index contributed by atoms with van der Waals surface area (Å²) >= 11 is 1.61. The normalized spacial score (nSPS) is 12.5. The second-order valence-electron chi connectivity index (χ2n) is 6.22. The minimum absolute atomic E-state index is 0.00239. The highest BCUT2D eigenvalue weighted by Crippen LogP contribution is 2.36. The molecule has 0 fully saturated rings. The monoisotopic (exact) mass is 365 g/mol. The van der Waals surface area contributed by atoms with Crippen LogP contribution in [0.1, 0.15) is 24.8 Å². The van der Waals surface area contributed by atoms with Crippen LogP contribution in [0, 0.1) is 0 Å². The number of benzene rings is 1. The highest BCUT2D eigenvalue weighted by molar-refractivity contribution is 7.19. The number of thiophene rings is 1. The molecule has 0 aliphatic carbocycles. The van der Waals surface area contributed by atoms with Crippen molar-refractivity contribution in [2.45, 2.75) is 32.9 Å². The Bertz CT molecular complexity index is 1080. The Hall–Kier alpha value is -2.80. The molecule has 0 saturated carbocycles. The van der Waals surface area contributed by atoms with Crippen molar-refractivity contribution in [3.8, 4) is 11.1 Å². The molecule has 0 aliphatic rings. The standard InChI is InChI=1S/C19H19N5OS/c1-3-15-16(14-7-5-4-6-8-14)17-18(26-15)21-12-24(19(17)25)13(2)9-23-11-20-10-22-23/h4-8,10-13H,3,9H2,1-2H3. The fraction of sp³-hybridized carbons (Fsp3) is 0.263. The van der Waals surface area contributed by atoms with E-state index in [1.54, 1.807) is 33.2 Å². The largest absolute Gasteiger partial charge is 0.294 e. The van der Waals surface area contributed by atoms with Crippen LogP contribution >= 0.6 is 11.3 Å². The highest BCUT2D eigenvalue weighted by atomic mass is 32.1. The second kappa shape index (κ2) is 6.84. The molecule has 26 heavy (non-hydrogen) atoms. The first kappa shape index (κ1) is 16.7. The van der Waals surface area contributed by atoms with Crippen molar-refractivity contribution >= 4 is 21.6 Å². The maximum atomic E-state index is 13.3. The van der Waals surface area contributed by atoms with Crippen molar-refractivity contribution in [2.75, 3.05) is 0 Å². The Balaban J connectivity index is 1.88. The van der Waals surface area contributed by atoms with E-state index in [2.05, 4.69) is 34.1 Å². The van der Waals surface area contributed by atoms with Crippen molar-refractivity contribution in [1.82, 2.24) is 24.3 Å². The molecule has 132 valence electrons. The second-order valence-corrected chi connectivity index (χ2v) is 7.31. The molecule has 6 nitrogen and oxygen atoms in total. The van der Waals surface area contributed by atoms with E-state index < -0.39 is 0 Å². The number of aryl methyl sites for hydroxylation is 1. The lowest BCUT2D eigenvalue weighted by atomic mass is 10.0. The Morgan fingerprint density at radius 3 is 2.69 bits per heavy atom. The summed E-state index contributed by atoms with van der Waals surface area (Å²) in [6.45, 7) is 4.67. The number of hydrogen-bond acceptors (Lipinski definition) is 5. The van der Waals surface area contributed by atoms with Gasteiger partial charge in [-0.3, -0.25) is 14.0 Å². The van der Waals surface area contributed by atoms with Crippen LogP contribution in [0.5, 0.6) is 0 Å². The van der Waals surface area contributed by atoms with Gasteiger partial charge in [0.25, 0.3) is 5.56 Å². The third-order valence-electron chi connectivity index (χ3n) is 4.49. The van der Waals surface area contributed by atoms with Gasteiger partial charge in [0.05, 0.1) is 24.3 Å². The minimum Gasteiger partial charge on any atom is -0.294 e. The van der Waals surface area contributed by atoms with Crippen LogP contribution in [0.15, 0.2) is 54.1 Å². The third-order valence-corrected chi connectivity index (χ3v) is 5.73. The molecule has 1 atom stereocenters. The van der Waals surface area contributed by atoms with Crippen molar-refractivity contribution in [2.24, 2.45) is 0 Å². The first-order valence-corrected chi connectivity index (χ1v) is 9.41. The van der Waals surface area contributed by atoms with Crippen LogP contribution in [0.3, 0.4) is 0 Å². The van der Waals surface area contributed by atoms with Crippen LogP contribution in [0.25, 0.3) is 21.3 Å². The number of aromatic nitrogens is 5. The van der Waals surface area contributed by atoms with Crippen LogP contribution < -0.4 is 5.56 Å². The molecule has 0 radical (unpaired) electrons. The van der Waals surface area contributed by atoms with Crippen molar-refractivity contribution < 1.29 is 0 Å². The Morgan fingerprint density at radius 2 is 2.00 bits per heavy atom. The molecule has 4 aromatic rings. The molecular weight excluding hydrogens is 346 g/mol. The smallest absolute Gasteiger partial charge is 0.263 e. The van der Waals surface area contributed by atoms with E-state index >= 15 is 0 Å². The lowest BCUT2D eigenvalue weighted by Crippen LogP contribution is -2.26. The zero-order valence-electron chi connectivity index (χ0n) is 14.7. The van der Waals surface area contributed by atoms with E-state index in [-0.39, 0.29) is 11.6 Å². The number of rotatable bonds is 5. The van der Waals surface area contributed by atoms with Gasteiger partial charge in [-0.15, -0.1) is 11.3 Å².